The van der Waals surface area contributed by atoms with Gasteiger partial charge in [-0.2, -0.15) is 4.98 Å². The molecule has 0 bridgehead atoms. The number of thioether (sulfide) groups is 1. The number of benzene rings is 3. The van der Waals surface area contributed by atoms with Crippen molar-refractivity contribution in [3.8, 4) is 11.4 Å². The first-order valence-corrected chi connectivity index (χ1v) is 13.2. The van der Waals surface area contributed by atoms with Crippen LogP contribution in [0.4, 0.5) is 10.5 Å². The number of anilines is 1. The van der Waals surface area contributed by atoms with Crippen molar-refractivity contribution in [2.75, 3.05) is 11.2 Å². The second-order valence-electron chi connectivity index (χ2n) is 8.80. The van der Waals surface area contributed by atoms with Gasteiger partial charge in [0.2, 0.25) is 5.82 Å². The normalized spacial score (nSPS) is 15.8. The molecule has 1 aliphatic rings. The number of aromatic nitrogens is 2. The van der Waals surface area contributed by atoms with Gasteiger partial charge in [-0.05, 0) is 61.9 Å². The quantitative estimate of drug-likeness (QED) is 0.290. The number of carbonyl (C=O) groups is 1. The van der Waals surface area contributed by atoms with Gasteiger partial charge in [0.05, 0.1) is 17.3 Å². The molecule has 5 rings (SSSR count). The maximum atomic E-state index is 13.4. The average Bonchev–Trinajstić information content (AvgIpc) is 3.39. The lowest BCUT2D eigenvalue weighted by molar-refractivity contribution is 0.244. The number of rotatable bonds is 6. The van der Waals surface area contributed by atoms with E-state index in [1.807, 2.05) is 80.8 Å². The smallest absolute Gasteiger partial charge is 0.326 e. The lowest BCUT2D eigenvalue weighted by Gasteiger charge is -2.35. The van der Waals surface area contributed by atoms with E-state index >= 15 is 0 Å². The van der Waals surface area contributed by atoms with Gasteiger partial charge in [0.25, 0.3) is 5.89 Å². The fraction of sp³-hybridized carbons (Fsp3) is 0.207. The Hall–Kier alpha value is -3.84. The number of nitrogens with zero attached hydrogens (tertiary/aromatic N) is 3. The Labute approximate surface area is 215 Å². The molecule has 2 heterocycles. The highest BCUT2D eigenvalue weighted by Crippen LogP contribution is 2.39. The molecule has 4 aromatic rings. The third kappa shape index (κ3) is 4.54. The van der Waals surface area contributed by atoms with Gasteiger partial charge >= 0.3 is 6.03 Å². The Bertz CT molecular complexity index is 1410. The first-order valence-electron chi connectivity index (χ1n) is 11.9. The van der Waals surface area contributed by atoms with E-state index < -0.39 is 6.04 Å². The molecule has 1 N–H and O–H groups in total. The molecule has 0 radical (unpaired) electrons. The molecule has 0 spiro atoms. The van der Waals surface area contributed by atoms with E-state index in [9.17, 15) is 4.79 Å². The second kappa shape index (κ2) is 10.0. The minimum atomic E-state index is -0.425. The molecular weight excluding hydrogens is 468 g/mol. The van der Waals surface area contributed by atoms with Gasteiger partial charge in [-0.3, -0.25) is 4.90 Å². The molecule has 36 heavy (non-hydrogen) atoms. The van der Waals surface area contributed by atoms with Crippen molar-refractivity contribution in [2.24, 2.45) is 0 Å². The minimum absolute atomic E-state index is 0.197. The Morgan fingerprint density at radius 2 is 1.67 bits per heavy atom. The molecule has 0 fully saturated rings. The number of hydrogen-bond acceptors (Lipinski definition) is 5. The summed E-state index contributed by atoms with van der Waals surface area (Å²) in [5, 5.41) is 7.44. The summed E-state index contributed by atoms with van der Waals surface area (Å²) in [7, 11) is 0. The van der Waals surface area contributed by atoms with Crippen molar-refractivity contribution in [1.29, 1.82) is 0 Å². The van der Waals surface area contributed by atoms with Crippen molar-refractivity contribution in [2.45, 2.75) is 38.1 Å². The standard InChI is InChI=1S/C29H28N4O2S/c1-5-20-8-14-23(15-9-20)33-19(3)25(26(30-29(33)34)21-12-16-24(36-4)17-13-21)28-31-27(32-35-28)22-10-6-18(2)7-11-22/h6-17,26H,5H2,1-4H3,(H,30,34). The molecule has 2 amide bonds. The SMILES string of the molecule is CCc1ccc(N2C(=O)NC(c3ccc(SC)cc3)C(c3nc(-c4ccc(C)cc4)no3)=C2C)cc1. The van der Waals surface area contributed by atoms with Gasteiger partial charge in [-0.15, -0.1) is 11.8 Å². The molecule has 182 valence electrons. The van der Waals surface area contributed by atoms with Gasteiger partial charge in [0, 0.05) is 16.2 Å². The third-order valence-corrected chi connectivity index (χ3v) is 7.25. The van der Waals surface area contributed by atoms with Crippen LogP contribution in [-0.4, -0.2) is 22.4 Å². The number of urea groups is 1. The van der Waals surface area contributed by atoms with E-state index in [0.29, 0.717) is 11.7 Å². The molecule has 1 aliphatic heterocycles. The average molecular weight is 497 g/mol. The number of allylic oxidation sites excluding steroid dienone is 1. The monoisotopic (exact) mass is 496 g/mol. The van der Waals surface area contributed by atoms with E-state index in [4.69, 9.17) is 9.51 Å². The molecule has 7 heteroatoms. The van der Waals surface area contributed by atoms with Crippen LogP contribution in [0.15, 0.2) is 87.9 Å². The highest BCUT2D eigenvalue weighted by Gasteiger charge is 2.36. The van der Waals surface area contributed by atoms with Gasteiger partial charge < -0.3 is 9.84 Å². The second-order valence-corrected chi connectivity index (χ2v) is 9.68. The number of aryl methyl sites for hydroxylation is 2. The maximum Gasteiger partial charge on any atom is 0.326 e. The van der Waals surface area contributed by atoms with Crippen molar-refractivity contribution >= 4 is 29.1 Å². The predicted octanol–water partition coefficient (Wildman–Crippen LogP) is 7.03. The Balaban J connectivity index is 1.62. The molecule has 1 aromatic heterocycles. The van der Waals surface area contributed by atoms with Crippen molar-refractivity contribution in [3.05, 3.63) is 101 Å². The number of carbonyl (C=O) groups excluding carboxylic acids is 1. The molecule has 3 aromatic carbocycles. The molecule has 6 nitrogen and oxygen atoms in total. The summed E-state index contributed by atoms with van der Waals surface area (Å²) in [5.41, 5.74) is 6.51. The fourth-order valence-electron chi connectivity index (χ4n) is 4.41. The fourth-order valence-corrected chi connectivity index (χ4v) is 4.82. The maximum absolute atomic E-state index is 13.4. The zero-order valence-electron chi connectivity index (χ0n) is 20.8. The van der Waals surface area contributed by atoms with Gasteiger partial charge in [0.1, 0.15) is 0 Å². The van der Waals surface area contributed by atoms with Crippen molar-refractivity contribution < 1.29 is 9.32 Å². The Morgan fingerprint density at radius 3 is 2.31 bits per heavy atom. The van der Waals surface area contributed by atoms with E-state index in [0.717, 1.165) is 45.0 Å². The first-order chi connectivity index (χ1) is 17.5. The van der Waals surface area contributed by atoms with Crippen molar-refractivity contribution in [1.82, 2.24) is 15.5 Å². The van der Waals surface area contributed by atoms with E-state index in [2.05, 4.69) is 29.5 Å². The van der Waals surface area contributed by atoms with Crippen LogP contribution in [0, 0.1) is 6.92 Å². The predicted molar refractivity (Wildman–Crippen MR) is 145 cm³/mol. The molecule has 0 saturated carbocycles. The highest BCUT2D eigenvalue weighted by molar-refractivity contribution is 7.98. The largest absolute Gasteiger partial charge is 0.334 e. The summed E-state index contributed by atoms with van der Waals surface area (Å²) in [6.45, 7) is 6.08. The summed E-state index contributed by atoms with van der Waals surface area (Å²) in [4.78, 5) is 21.0. The zero-order chi connectivity index (χ0) is 25.2. The summed E-state index contributed by atoms with van der Waals surface area (Å²) in [6.07, 6.45) is 2.98. The van der Waals surface area contributed by atoms with Crippen LogP contribution in [0.3, 0.4) is 0 Å². The van der Waals surface area contributed by atoms with E-state index in [-0.39, 0.29) is 6.03 Å². The van der Waals surface area contributed by atoms with E-state index in [1.54, 1.807) is 16.7 Å². The summed E-state index contributed by atoms with van der Waals surface area (Å²) >= 11 is 1.68. The van der Waals surface area contributed by atoms with Crippen LogP contribution in [-0.2, 0) is 6.42 Å². The van der Waals surface area contributed by atoms with Crippen LogP contribution in [0.1, 0.15) is 42.5 Å². The number of nitrogens with one attached hydrogen (secondary N) is 1. The first kappa shape index (κ1) is 23.9. The molecule has 1 unspecified atom stereocenters. The summed E-state index contributed by atoms with van der Waals surface area (Å²) in [6, 6.07) is 23.6. The molecule has 1 atom stereocenters. The van der Waals surface area contributed by atoms with Gasteiger partial charge in [-0.1, -0.05) is 66.2 Å². The van der Waals surface area contributed by atoms with E-state index in [1.165, 1.54) is 5.56 Å². The molecule has 0 saturated heterocycles. The minimum Gasteiger partial charge on any atom is -0.334 e. The van der Waals surface area contributed by atoms with Crippen LogP contribution in [0.2, 0.25) is 0 Å². The summed E-state index contributed by atoms with van der Waals surface area (Å²) in [5.74, 6) is 0.898. The number of amides is 2. The topological polar surface area (TPSA) is 71.3 Å². The van der Waals surface area contributed by atoms with Gasteiger partial charge in [0.15, 0.2) is 0 Å². The highest BCUT2D eigenvalue weighted by atomic mass is 32.2. The van der Waals surface area contributed by atoms with Crippen molar-refractivity contribution in [3.63, 3.8) is 0 Å². The molecular formula is C29H28N4O2S. The summed E-state index contributed by atoms with van der Waals surface area (Å²) < 4.78 is 5.81. The van der Waals surface area contributed by atoms with Crippen LogP contribution in [0.25, 0.3) is 17.0 Å². The van der Waals surface area contributed by atoms with Crippen LogP contribution >= 0.6 is 11.8 Å². The molecule has 0 aliphatic carbocycles. The van der Waals surface area contributed by atoms with Crippen LogP contribution in [0.5, 0.6) is 0 Å². The number of hydrogen-bond donors (Lipinski definition) is 1. The zero-order valence-corrected chi connectivity index (χ0v) is 21.6. The van der Waals surface area contributed by atoms with Gasteiger partial charge in [-0.25, -0.2) is 4.79 Å². The Morgan fingerprint density at radius 1 is 0.972 bits per heavy atom. The lowest BCUT2D eigenvalue weighted by Crippen LogP contribution is -2.46. The lowest BCUT2D eigenvalue weighted by atomic mass is 9.94. The van der Waals surface area contributed by atoms with Crippen LogP contribution < -0.4 is 10.2 Å². The third-order valence-electron chi connectivity index (χ3n) is 6.50. The Kier molecular flexibility index (Phi) is 6.65.